The number of nitrogens with one attached hydrogen (secondary N) is 2. The minimum Gasteiger partial charge on any atom is -0.507 e. The molecule has 5 rings (SSSR count). The monoisotopic (exact) mass is 586 g/mol. The highest BCUT2D eigenvalue weighted by atomic mass is 19.3. The smallest absolute Gasteiger partial charge is 0.256 e. The average molecular weight is 587 g/mol. The van der Waals surface area contributed by atoms with E-state index in [1.165, 1.54) is 25.3 Å². The van der Waals surface area contributed by atoms with Crippen LogP contribution < -0.4 is 20.5 Å². The lowest BCUT2D eigenvalue weighted by atomic mass is 9.86. The van der Waals surface area contributed by atoms with Gasteiger partial charge in [-0.2, -0.15) is 0 Å². The lowest BCUT2D eigenvalue weighted by molar-refractivity contribution is -0.0380. The van der Waals surface area contributed by atoms with Gasteiger partial charge in [0.1, 0.15) is 17.6 Å². The van der Waals surface area contributed by atoms with Gasteiger partial charge in [-0.15, -0.1) is 0 Å². The first-order valence-corrected chi connectivity index (χ1v) is 15.4. The Bertz CT molecular complexity index is 1320. The number of piperidine rings is 1. The minimum absolute atomic E-state index is 0.0508. The molecule has 10 heteroatoms. The molecule has 0 radical (unpaired) electrons. The largest absolute Gasteiger partial charge is 0.507 e. The van der Waals surface area contributed by atoms with E-state index < -0.39 is 17.4 Å². The van der Waals surface area contributed by atoms with Gasteiger partial charge < -0.3 is 29.9 Å². The number of ether oxygens (including phenoxy) is 1. The summed E-state index contributed by atoms with van der Waals surface area (Å²) in [5, 5.41) is 13.1. The number of benzene rings is 1. The Kier molecular flexibility index (Phi) is 9.11. The molecule has 1 aliphatic heterocycles. The molecule has 1 amide bonds. The number of carbonyl (C=O) groups is 1. The van der Waals surface area contributed by atoms with Crippen molar-refractivity contribution in [2.45, 2.75) is 109 Å². The maximum absolute atomic E-state index is 14.0. The molecule has 0 spiro atoms. The van der Waals surface area contributed by atoms with Gasteiger partial charge in [0.2, 0.25) is 5.92 Å². The first-order valence-electron chi connectivity index (χ1n) is 15.4. The fourth-order valence-electron chi connectivity index (χ4n) is 6.78. The number of anilines is 1. The summed E-state index contributed by atoms with van der Waals surface area (Å²) in [6.45, 7) is 8.28. The third-order valence-electron chi connectivity index (χ3n) is 9.33. The molecule has 1 saturated heterocycles. The summed E-state index contributed by atoms with van der Waals surface area (Å²) in [7, 11) is 0. The fraction of sp³-hybridized carbons (Fsp3) is 0.625. The zero-order valence-electron chi connectivity index (χ0n) is 25.0. The Morgan fingerprint density at radius 1 is 1.14 bits per heavy atom. The summed E-state index contributed by atoms with van der Waals surface area (Å²) >= 11 is 0. The van der Waals surface area contributed by atoms with E-state index >= 15 is 0 Å². The summed E-state index contributed by atoms with van der Waals surface area (Å²) in [4.78, 5) is 33.3. The number of pyridine rings is 1. The third kappa shape index (κ3) is 6.74. The number of carbonyl (C=O) groups excluding carboxylic acids is 1. The molecule has 3 aliphatic rings. The second-order valence-electron chi connectivity index (χ2n) is 12.3. The van der Waals surface area contributed by atoms with Gasteiger partial charge in [0.05, 0.1) is 12.1 Å². The molecule has 2 aliphatic carbocycles. The molecule has 2 heterocycles. The SMILES string of the molecule is CCN(c1cc(OC2CC(N3CCCCC3)C2)cc(C(=O)NCc2c(O)cc(C)[nH]c2=O)c1C)C1CCC(F)(F)CC1. The van der Waals surface area contributed by atoms with Crippen molar-refractivity contribution < 1.29 is 23.4 Å². The second kappa shape index (κ2) is 12.6. The molecule has 8 nitrogen and oxygen atoms in total. The van der Waals surface area contributed by atoms with Crippen LogP contribution in [0.2, 0.25) is 0 Å². The van der Waals surface area contributed by atoms with E-state index in [0.29, 0.717) is 42.4 Å². The van der Waals surface area contributed by atoms with Crippen LogP contribution >= 0.6 is 0 Å². The van der Waals surface area contributed by atoms with Gasteiger partial charge in [-0.1, -0.05) is 6.42 Å². The number of hydrogen-bond acceptors (Lipinski definition) is 6. The van der Waals surface area contributed by atoms with Crippen LogP contribution in [0.15, 0.2) is 23.0 Å². The molecule has 2 saturated carbocycles. The number of alkyl halides is 2. The number of halogens is 2. The highest BCUT2D eigenvalue weighted by Crippen LogP contribution is 2.40. The Morgan fingerprint density at radius 3 is 2.48 bits per heavy atom. The van der Waals surface area contributed by atoms with Crippen molar-refractivity contribution in [1.29, 1.82) is 0 Å². The third-order valence-corrected chi connectivity index (χ3v) is 9.33. The Morgan fingerprint density at radius 2 is 1.83 bits per heavy atom. The molecule has 42 heavy (non-hydrogen) atoms. The van der Waals surface area contributed by atoms with Crippen molar-refractivity contribution in [3.8, 4) is 11.5 Å². The minimum atomic E-state index is -2.63. The number of amides is 1. The Balaban J connectivity index is 1.38. The molecule has 0 bridgehead atoms. The number of aromatic amines is 1. The molecule has 1 aromatic heterocycles. The van der Waals surface area contributed by atoms with E-state index in [4.69, 9.17) is 4.74 Å². The number of hydrogen-bond donors (Lipinski definition) is 3. The maximum Gasteiger partial charge on any atom is 0.256 e. The van der Waals surface area contributed by atoms with Crippen LogP contribution in [0.5, 0.6) is 11.5 Å². The van der Waals surface area contributed by atoms with Crippen LogP contribution in [0.25, 0.3) is 0 Å². The highest BCUT2D eigenvalue weighted by molar-refractivity contribution is 5.97. The number of rotatable bonds is 9. The number of nitrogens with zero attached hydrogens (tertiary/aromatic N) is 2. The molecule has 3 fully saturated rings. The number of aromatic hydroxyl groups is 1. The van der Waals surface area contributed by atoms with Crippen molar-refractivity contribution in [3.05, 3.63) is 50.9 Å². The number of H-pyrrole nitrogens is 1. The van der Waals surface area contributed by atoms with Crippen LogP contribution in [0.4, 0.5) is 14.5 Å². The Hall–Kier alpha value is -3.14. The summed E-state index contributed by atoms with van der Waals surface area (Å²) in [5.41, 5.74) is 2.07. The van der Waals surface area contributed by atoms with Crippen LogP contribution in [-0.2, 0) is 6.54 Å². The summed E-state index contributed by atoms with van der Waals surface area (Å²) in [5.74, 6) is -2.62. The zero-order valence-corrected chi connectivity index (χ0v) is 25.0. The van der Waals surface area contributed by atoms with E-state index in [9.17, 15) is 23.5 Å². The van der Waals surface area contributed by atoms with E-state index in [0.717, 1.165) is 37.2 Å². The number of aromatic nitrogens is 1. The fourth-order valence-corrected chi connectivity index (χ4v) is 6.78. The van der Waals surface area contributed by atoms with Gasteiger partial charge in [-0.3, -0.25) is 9.59 Å². The lowest BCUT2D eigenvalue weighted by Gasteiger charge is -2.44. The van der Waals surface area contributed by atoms with Gasteiger partial charge in [-0.05, 0) is 77.2 Å². The van der Waals surface area contributed by atoms with E-state index in [-0.39, 0.29) is 42.8 Å². The van der Waals surface area contributed by atoms with E-state index in [2.05, 4.69) is 20.1 Å². The molecular weight excluding hydrogens is 542 g/mol. The number of likely N-dealkylation sites (tertiary alicyclic amines) is 1. The van der Waals surface area contributed by atoms with Gasteiger partial charge in [0.15, 0.2) is 0 Å². The Labute approximate surface area is 246 Å². The first-order chi connectivity index (χ1) is 20.0. The average Bonchev–Trinajstić information content (AvgIpc) is 2.92. The number of aryl methyl sites for hydroxylation is 1. The van der Waals surface area contributed by atoms with E-state index in [1.54, 1.807) is 13.0 Å². The molecule has 1 aromatic carbocycles. The van der Waals surface area contributed by atoms with Crippen LogP contribution in [0, 0.1) is 13.8 Å². The predicted molar refractivity (Wildman–Crippen MR) is 159 cm³/mol. The van der Waals surface area contributed by atoms with Crippen molar-refractivity contribution >= 4 is 11.6 Å². The quantitative estimate of drug-likeness (QED) is 0.363. The van der Waals surface area contributed by atoms with Gasteiger partial charge in [0.25, 0.3) is 11.5 Å². The topological polar surface area (TPSA) is 97.9 Å². The molecule has 0 unspecified atom stereocenters. The first kappa shape index (κ1) is 30.3. The van der Waals surface area contributed by atoms with Crippen LogP contribution in [0.1, 0.15) is 91.9 Å². The van der Waals surface area contributed by atoms with Crippen molar-refractivity contribution in [1.82, 2.24) is 15.2 Å². The van der Waals surface area contributed by atoms with Crippen molar-refractivity contribution in [2.24, 2.45) is 0 Å². The molecule has 0 atom stereocenters. The van der Waals surface area contributed by atoms with Gasteiger partial charge >= 0.3 is 0 Å². The summed E-state index contributed by atoms with van der Waals surface area (Å²) < 4.78 is 34.4. The maximum atomic E-state index is 14.0. The second-order valence-corrected chi connectivity index (χ2v) is 12.3. The highest BCUT2D eigenvalue weighted by Gasteiger charge is 2.38. The van der Waals surface area contributed by atoms with Crippen LogP contribution in [-0.4, -0.2) is 64.6 Å². The summed E-state index contributed by atoms with van der Waals surface area (Å²) in [6.07, 6.45) is 6.17. The van der Waals surface area contributed by atoms with Crippen molar-refractivity contribution in [2.75, 3.05) is 24.5 Å². The zero-order chi connectivity index (χ0) is 30.0. The van der Waals surface area contributed by atoms with Gasteiger partial charge in [0, 0.05) is 67.3 Å². The molecule has 2 aromatic rings. The van der Waals surface area contributed by atoms with Crippen molar-refractivity contribution in [3.63, 3.8) is 0 Å². The van der Waals surface area contributed by atoms with Gasteiger partial charge in [-0.25, -0.2) is 8.78 Å². The predicted octanol–water partition coefficient (Wildman–Crippen LogP) is 5.43. The lowest BCUT2D eigenvalue weighted by Crippen LogP contribution is -2.50. The molecule has 3 N–H and O–H groups in total. The summed E-state index contributed by atoms with van der Waals surface area (Å²) in [6, 6.07) is 5.61. The van der Waals surface area contributed by atoms with E-state index in [1.807, 2.05) is 19.9 Å². The molecule has 230 valence electrons. The molecular formula is C32H44F2N4O4. The van der Waals surface area contributed by atoms with Crippen LogP contribution in [0.3, 0.4) is 0 Å². The normalized spacial score (nSPS) is 22.8. The standard InChI is InChI=1S/C32H44F2N4O4/c1-4-38(22-8-10-32(33,34)11-9-22)28-18-25(42-24-15-23(16-24)37-12-6-5-7-13-37)17-26(21(28)3)30(40)35-19-27-29(39)14-20(2)36-31(27)41/h14,17-18,22-24H,4-13,15-16,19H2,1-3H3,(H,35,40)(H2,36,39,41).